The van der Waals surface area contributed by atoms with Crippen LogP contribution in [0.15, 0.2) is 34.5 Å². The summed E-state index contributed by atoms with van der Waals surface area (Å²) in [4.78, 5) is 13.5. The Morgan fingerprint density at radius 1 is 1.05 bits per heavy atom. The molecule has 0 saturated heterocycles. The number of aryl methyl sites for hydroxylation is 1. The number of hydrogen-bond acceptors (Lipinski definition) is 10. The van der Waals surface area contributed by atoms with Gasteiger partial charge in [-0.3, -0.25) is 0 Å². The molecular formula is C17H17F3N8O6S3. The second kappa shape index (κ2) is 9.43. The summed E-state index contributed by atoms with van der Waals surface area (Å²) in [5, 5.41) is 3.15. The molecule has 14 nitrogen and oxygen atoms in total. The van der Waals surface area contributed by atoms with Crippen molar-refractivity contribution in [1.29, 1.82) is 0 Å². The summed E-state index contributed by atoms with van der Waals surface area (Å²) in [6.45, 7) is -0.538. The predicted molar refractivity (Wildman–Crippen MR) is 125 cm³/mol. The van der Waals surface area contributed by atoms with Crippen molar-refractivity contribution in [2.45, 2.75) is 11.1 Å². The van der Waals surface area contributed by atoms with E-state index in [1.807, 2.05) is 0 Å². The van der Waals surface area contributed by atoms with Gasteiger partial charge in [0.25, 0.3) is 0 Å². The largest absolute Gasteiger partial charge is 0.417 e. The zero-order valence-corrected chi connectivity index (χ0v) is 21.6. The van der Waals surface area contributed by atoms with E-state index in [0.29, 0.717) is 24.8 Å². The molecule has 200 valence electrons. The van der Waals surface area contributed by atoms with Crippen LogP contribution in [-0.2, 0) is 43.1 Å². The number of alkyl halides is 3. The van der Waals surface area contributed by atoms with Crippen LogP contribution in [0.2, 0.25) is 0 Å². The minimum Gasteiger partial charge on any atom is -0.310 e. The highest BCUT2D eigenvalue weighted by atomic mass is 32.3. The van der Waals surface area contributed by atoms with E-state index < -0.39 is 70.2 Å². The zero-order valence-electron chi connectivity index (χ0n) is 19.1. The Morgan fingerprint density at radius 3 is 2.22 bits per heavy atom. The molecule has 0 bridgehead atoms. The van der Waals surface area contributed by atoms with E-state index in [1.54, 1.807) is 0 Å². The molecular weight excluding hydrogens is 565 g/mol. The molecule has 20 heteroatoms. The molecule has 37 heavy (non-hydrogen) atoms. The summed E-state index contributed by atoms with van der Waals surface area (Å²) >= 11 is 0. The summed E-state index contributed by atoms with van der Waals surface area (Å²) in [5.74, 6) is -1.05. The minimum absolute atomic E-state index is 0.0324. The maximum atomic E-state index is 13.1. The van der Waals surface area contributed by atoms with Gasteiger partial charge in [0.2, 0.25) is 20.0 Å². The summed E-state index contributed by atoms with van der Waals surface area (Å²) in [6.07, 6.45) is -2.24. The standard InChI is InChI=1S/C17H17F3N8O6S3/c1-27-15-12(6-10(8-23-15)17(18,19)20)25-16(27)14-13(37(33,34)5-4-24-26-21)7-11(9-22-14)28(35(2,29)30)36(3,31)32/h6-9H,4-5H2,1-3H3. The van der Waals surface area contributed by atoms with Crippen LogP contribution in [-0.4, -0.2) is 69.6 Å². The van der Waals surface area contributed by atoms with Gasteiger partial charge in [-0.05, 0) is 17.7 Å². The van der Waals surface area contributed by atoms with Crippen LogP contribution < -0.4 is 3.71 Å². The minimum atomic E-state index is -4.73. The highest BCUT2D eigenvalue weighted by Crippen LogP contribution is 2.34. The molecule has 0 aliphatic heterocycles. The number of nitrogens with zero attached hydrogens (tertiary/aromatic N) is 8. The molecule has 0 saturated carbocycles. The van der Waals surface area contributed by atoms with E-state index >= 15 is 0 Å². The van der Waals surface area contributed by atoms with E-state index in [-0.39, 0.29) is 20.7 Å². The van der Waals surface area contributed by atoms with Crippen molar-refractivity contribution in [2.75, 3.05) is 28.5 Å². The Morgan fingerprint density at radius 2 is 1.68 bits per heavy atom. The summed E-state index contributed by atoms with van der Waals surface area (Å²) in [5.41, 5.74) is 5.99. The van der Waals surface area contributed by atoms with E-state index in [2.05, 4.69) is 25.0 Å². The van der Waals surface area contributed by atoms with Gasteiger partial charge in [-0.25, -0.2) is 40.2 Å². The number of halogens is 3. The summed E-state index contributed by atoms with van der Waals surface area (Å²) in [6, 6.07) is 1.43. The molecule has 3 rings (SSSR count). The molecule has 3 heterocycles. The number of imidazole rings is 1. The first kappa shape index (κ1) is 28.1. The van der Waals surface area contributed by atoms with E-state index in [1.165, 1.54) is 7.05 Å². The lowest BCUT2D eigenvalue weighted by Gasteiger charge is -2.20. The van der Waals surface area contributed by atoms with Crippen molar-refractivity contribution in [2.24, 2.45) is 12.2 Å². The second-order valence-corrected chi connectivity index (χ2v) is 13.6. The topological polar surface area (TPSA) is 198 Å². The number of fused-ring (bicyclic) bond motifs is 1. The van der Waals surface area contributed by atoms with Crippen molar-refractivity contribution in [3.8, 4) is 11.5 Å². The molecule has 0 aromatic carbocycles. The van der Waals surface area contributed by atoms with Gasteiger partial charge in [0.05, 0.1) is 40.6 Å². The molecule has 0 N–H and O–H groups in total. The molecule has 0 amide bonds. The Labute approximate surface area is 208 Å². The highest BCUT2D eigenvalue weighted by molar-refractivity contribution is 8.09. The van der Waals surface area contributed by atoms with E-state index in [0.717, 1.165) is 16.8 Å². The number of sulfone groups is 1. The van der Waals surface area contributed by atoms with Crippen molar-refractivity contribution < 1.29 is 38.4 Å². The fourth-order valence-corrected chi connectivity index (χ4v) is 7.54. The summed E-state index contributed by atoms with van der Waals surface area (Å²) < 4.78 is 116. The Hall–Kier alpha value is -3.48. The number of pyridine rings is 2. The Bertz CT molecular complexity index is 1730. The first-order valence-electron chi connectivity index (χ1n) is 9.72. The predicted octanol–water partition coefficient (Wildman–Crippen LogP) is 1.86. The van der Waals surface area contributed by atoms with Gasteiger partial charge in [-0.1, -0.05) is 5.11 Å². The first-order valence-corrected chi connectivity index (χ1v) is 15.1. The van der Waals surface area contributed by atoms with Crippen molar-refractivity contribution in [1.82, 2.24) is 19.5 Å². The maximum Gasteiger partial charge on any atom is 0.417 e. The quantitative estimate of drug-likeness (QED) is 0.216. The van der Waals surface area contributed by atoms with Crippen LogP contribution in [0.4, 0.5) is 18.9 Å². The van der Waals surface area contributed by atoms with Crippen molar-refractivity contribution in [3.05, 3.63) is 40.5 Å². The molecule has 0 aliphatic carbocycles. The van der Waals surface area contributed by atoms with Crippen LogP contribution in [0, 0.1) is 0 Å². The molecule has 0 spiro atoms. The van der Waals surface area contributed by atoms with Crippen LogP contribution in [0.3, 0.4) is 0 Å². The molecule has 3 aromatic heterocycles. The smallest absolute Gasteiger partial charge is 0.310 e. The van der Waals surface area contributed by atoms with Crippen LogP contribution >= 0.6 is 0 Å². The van der Waals surface area contributed by atoms with Gasteiger partial charge in [-0.15, -0.1) is 0 Å². The van der Waals surface area contributed by atoms with Gasteiger partial charge < -0.3 is 4.57 Å². The van der Waals surface area contributed by atoms with Gasteiger partial charge in [0, 0.05) is 24.7 Å². The lowest BCUT2D eigenvalue weighted by atomic mass is 10.2. The van der Waals surface area contributed by atoms with Crippen LogP contribution in [0.25, 0.3) is 33.1 Å². The molecule has 3 aromatic rings. The van der Waals surface area contributed by atoms with Gasteiger partial charge in [-0.2, -0.15) is 16.9 Å². The van der Waals surface area contributed by atoms with Crippen LogP contribution in [0.1, 0.15) is 5.56 Å². The second-order valence-electron chi connectivity index (χ2n) is 7.60. The zero-order chi connectivity index (χ0) is 28.0. The lowest BCUT2D eigenvalue weighted by Crippen LogP contribution is -2.35. The third-order valence-corrected chi connectivity index (χ3v) is 9.71. The highest BCUT2D eigenvalue weighted by Gasteiger charge is 2.33. The van der Waals surface area contributed by atoms with E-state index in [9.17, 15) is 38.4 Å². The number of anilines is 1. The molecule has 0 fully saturated rings. The number of azide groups is 1. The van der Waals surface area contributed by atoms with E-state index in [4.69, 9.17) is 5.53 Å². The third kappa shape index (κ3) is 5.76. The Kier molecular flexibility index (Phi) is 7.16. The molecule has 0 atom stereocenters. The molecule has 0 aliphatic rings. The van der Waals surface area contributed by atoms with Gasteiger partial charge in [0.1, 0.15) is 11.2 Å². The van der Waals surface area contributed by atoms with Crippen molar-refractivity contribution >= 4 is 46.7 Å². The van der Waals surface area contributed by atoms with Crippen molar-refractivity contribution in [3.63, 3.8) is 0 Å². The normalized spacial score (nSPS) is 12.9. The number of hydrogen-bond donors (Lipinski definition) is 0. The summed E-state index contributed by atoms with van der Waals surface area (Å²) in [7, 11) is -12.1. The Balaban J connectivity index is 2.35. The number of aromatic nitrogens is 4. The fourth-order valence-electron chi connectivity index (χ4n) is 3.33. The SMILES string of the molecule is Cn1c(-c2ncc(N(S(C)(=O)=O)S(C)(=O)=O)cc2S(=O)(=O)CCN=[N+]=[N-])nc2cc(C(F)(F)F)cnc21. The monoisotopic (exact) mass is 582 g/mol. The van der Waals surface area contributed by atoms with Gasteiger partial charge >= 0.3 is 6.18 Å². The number of rotatable bonds is 8. The average molecular weight is 583 g/mol. The molecule has 0 unspecified atom stereocenters. The third-order valence-electron chi connectivity index (χ3n) is 4.76. The maximum absolute atomic E-state index is 13.1. The van der Waals surface area contributed by atoms with Gasteiger partial charge in [0.15, 0.2) is 21.3 Å². The fraction of sp³-hybridized carbons (Fsp3) is 0.353. The molecule has 0 radical (unpaired) electrons. The average Bonchev–Trinajstić information content (AvgIpc) is 3.07. The van der Waals surface area contributed by atoms with Crippen LogP contribution in [0.5, 0.6) is 0 Å². The lowest BCUT2D eigenvalue weighted by molar-refractivity contribution is -0.137. The first-order chi connectivity index (χ1) is 16.9. The number of sulfonamides is 2.